The monoisotopic (exact) mass is 372 g/mol. The Morgan fingerprint density at radius 1 is 1.33 bits per heavy atom. The van der Waals surface area contributed by atoms with Crippen LogP contribution in [0.2, 0.25) is 0 Å². The predicted octanol–water partition coefficient (Wildman–Crippen LogP) is 2.51. The summed E-state index contributed by atoms with van der Waals surface area (Å²) in [5.74, 6) is -0.583. The zero-order valence-electron chi connectivity index (χ0n) is 14.5. The molecular formula is C17H17FN6O3. The molecule has 9 nitrogen and oxygen atoms in total. The summed E-state index contributed by atoms with van der Waals surface area (Å²) in [5, 5.41) is 21.6. The second-order valence-corrected chi connectivity index (χ2v) is 5.95. The van der Waals surface area contributed by atoms with Crippen molar-refractivity contribution in [3.05, 3.63) is 70.0 Å². The highest BCUT2D eigenvalue weighted by Gasteiger charge is 2.16. The van der Waals surface area contributed by atoms with Crippen LogP contribution in [0.25, 0.3) is 0 Å². The number of nitrogens with one attached hydrogen (secondary N) is 1. The second kappa shape index (κ2) is 7.77. The van der Waals surface area contributed by atoms with Gasteiger partial charge in [0, 0.05) is 12.6 Å². The summed E-state index contributed by atoms with van der Waals surface area (Å²) in [6.07, 6.45) is 4.42. The second-order valence-electron chi connectivity index (χ2n) is 5.95. The summed E-state index contributed by atoms with van der Waals surface area (Å²) >= 11 is 0. The van der Waals surface area contributed by atoms with Gasteiger partial charge in [-0.1, -0.05) is 12.1 Å². The standard InChI is InChI=1S/C17H17FN6O3/c1-12-16(24(26)27)9-20-23(12)6-5-17(25)21-15-8-19-22(11-15)10-13-3-2-4-14(18)7-13/h2-4,7-9,11H,5-6,10H2,1H3,(H,21,25). The number of halogens is 1. The third-order valence-electron chi connectivity index (χ3n) is 3.98. The fraction of sp³-hybridized carbons (Fsp3) is 0.235. The lowest BCUT2D eigenvalue weighted by atomic mass is 10.2. The Kier molecular flexibility index (Phi) is 5.25. The number of hydrogen-bond acceptors (Lipinski definition) is 5. The van der Waals surface area contributed by atoms with E-state index in [0.29, 0.717) is 17.9 Å². The number of aryl methyl sites for hydroxylation is 1. The largest absolute Gasteiger partial charge is 0.323 e. The molecule has 10 heteroatoms. The molecule has 0 bridgehead atoms. The third-order valence-corrected chi connectivity index (χ3v) is 3.98. The van der Waals surface area contributed by atoms with Gasteiger partial charge in [-0.05, 0) is 24.6 Å². The summed E-state index contributed by atoms with van der Waals surface area (Å²) in [7, 11) is 0. The van der Waals surface area contributed by atoms with Gasteiger partial charge in [0.2, 0.25) is 5.91 Å². The molecule has 0 radical (unpaired) electrons. The van der Waals surface area contributed by atoms with Crippen LogP contribution in [-0.2, 0) is 17.9 Å². The molecule has 0 spiro atoms. The lowest BCUT2D eigenvalue weighted by Crippen LogP contribution is -2.15. The first-order valence-electron chi connectivity index (χ1n) is 8.16. The number of amides is 1. The molecule has 1 N–H and O–H groups in total. The Morgan fingerprint density at radius 3 is 2.85 bits per heavy atom. The highest BCUT2D eigenvalue weighted by molar-refractivity contribution is 5.90. The lowest BCUT2D eigenvalue weighted by Gasteiger charge is -2.04. The van der Waals surface area contributed by atoms with Gasteiger partial charge in [-0.15, -0.1) is 0 Å². The van der Waals surface area contributed by atoms with Crippen LogP contribution < -0.4 is 5.32 Å². The van der Waals surface area contributed by atoms with Gasteiger partial charge in [-0.3, -0.25) is 24.3 Å². The minimum Gasteiger partial charge on any atom is -0.323 e. The molecule has 0 saturated carbocycles. The predicted molar refractivity (Wildman–Crippen MR) is 94.6 cm³/mol. The average Bonchev–Trinajstić information content (AvgIpc) is 3.19. The third kappa shape index (κ3) is 4.54. The van der Waals surface area contributed by atoms with Crippen molar-refractivity contribution >= 4 is 17.3 Å². The molecule has 0 aliphatic carbocycles. The molecule has 3 rings (SSSR count). The summed E-state index contributed by atoms with van der Waals surface area (Å²) < 4.78 is 16.2. The van der Waals surface area contributed by atoms with E-state index in [2.05, 4.69) is 15.5 Å². The van der Waals surface area contributed by atoms with Crippen LogP contribution in [0.15, 0.2) is 42.9 Å². The fourth-order valence-electron chi connectivity index (χ4n) is 2.61. The summed E-state index contributed by atoms with van der Waals surface area (Å²) in [5.41, 5.74) is 1.59. The number of benzene rings is 1. The first-order valence-corrected chi connectivity index (χ1v) is 8.16. The molecule has 140 valence electrons. The van der Waals surface area contributed by atoms with E-state index in [0.717, 1.165) is 5.56 Å². The van der Waals surface area contributed by atoms with E-state index in [9.17, 15) is 19.3 Å². The van der Waals surface area contributed by atoms with Gasteiger partial charge in [0.15, 0.2) is 0 Å². The van der Waals surface area contributed by atoms with Crippen LogP contribution in [0.1, 0.15) is 17.7 Å². The average molecular weight is 372 g/mol. The molecule has 2 heterocycles. The van der Waals surface area contributed by atoms with Gasteiger partial charge < -0.3 is 5.32 Å². The van der Waals surface area contributed by atoms with E-state index >= 15 is 0 Å². The van der Waals surface area contributed by atoms with Gasteiger partial charge in [0.25, 0.3) is 0 Å². The van der Waals surface area contributed by atoms with Crippen molar-refractivity contribution in [2.45, 2.75) is 26.4 Å². The van der Waals surface area contributed by atoms with Crippen LogP contribution in [0.4, 0.5) is 15.8 Å². The normalized spacial score (nSPS) is 10.7. The number of nitrogens with zero attached hydrogens (tertiary/aromatic N) is 5. The van der Waals surface area contributed by atoms with Crippen LogP contribution in [0.3, 0.4) is 0 Å². The molecule has 1 amide bonds. The van der Waals surface area contributed by atoms with Crippen molar-refractivity contribution in [3.8, 4) is 0 Å². The SMILES string of the molecule is Cc1c([N+](=O)[O-])cnn1CCC(=O)Nc1cnn(Cc2cccc(F)c2)c1. The topological polar surface area (TPSA) is 108 Å². The van der Waals surface area contributed by atoms with Crippen LogP contribution in [0.5, 0.6) is 0 Å². The number of nitro groups is 1. The number of carbonyl (C=O) groups is 1. The minimum absolute atomic E-state index is 0.0750. The Balaban J connectivity index is 1.54. The summed E-state index contributed by atoms with van der Waals surface area (Å²) in [6, 6.07) is 6.20. The van der Waals surface area contributed by atoms with Crippen molar-refractivity contribution in [2.75, 3.05) is 5.32 Å². The lowest BCUT2D eigenvalue weighted by molar-refractivity contribution is -0.385. The van der Waals surface area contributed by atoms with E-state index in [4.69, 9.17) is 0 Å². The maximum Gasteiger partial charge on any atom is 0.309 e. The molecule has 0 fully saturated rings. The highest BCUT2D eigenvalue weighted by Crippen LogP contribution is 2.16. The molecule has 0 aliphatic rings. The molecule has 1 aromatic carbocycles. The molecule has 3 aromatic rings. The maximum atomic E-state index is 13.2. The molecule has 0 aliphatic heterocycles. The van der Waals surface area contributed by atoms with Gasteiger partial charge >= 0.3 is 5.69 Å². The Bertz CT molecular complexity index is 981. The fourth-order valence-corrected chi connectivity index (χ4v) is 2.61. The molecule has 0 saturated heterocycles. The Hall–Kier alpha value is -3.56. The van der Waals surface area contributed by atoms with Crippen LogP contribution in [-0.4, -0.2) is 30.4 Å². The molecule has 2 aromatic heterocycles. The van der Waals surface area contributed by atoms with Gasteiger partial charge in [0.1, 0.15) is 17.7 Å². The zero-order valence-corrected chi connectivity index (χ0v) is 14.5. The number of aromatic nitrogens is 4. The molecule has 0 atom stereocenters. The van der Waals surface area contributed by atoms with Crippen molar-refractivity contribution in [1.29, 1.82) is 0 Å². The number of rotatable bonds is 7. The smallest absolute Gasteiger partial charge is 0.309 e. The molecule has 27 heavy (non-hydrogen) atoms. The maximum absolute atomic E-state index is 13.2. The quantitative estimate of drug-likeness (QED) is 0.506. The Morgan fingerprint density at radius 2 is 2.15 bits per heavy atom. The van der Waals surface area contributed by atoms with Gasteiger partial charge in [-0.25, -0.2) is 4.39 Å². The molecule has 0 unspecified atom stereocenters. The minimum atomic E-state index is -0.508. The van der Waals surface area contributed by atoms with E-state index < -0.39 is 4.92 Å². The van der Waals surface area contributed by atoms with Crippen molar-refractivity contribution in [2.24, 2.45) is 0 Å². The van der Waals surface area contributed by atoms with E-state index in [-0.39, 0.29) is 30.4 Å². The zero-order chi connectivity index (χ0) is 19.4. The Labute approximate surface area is 153 Å². The number of hydrogen-bond donors (Lipinski definition) is 1. The van der Waals surface area contributed by atoms with E-state index in [1.54, 1.807) is 29.9 Å². The first kappa shape index (κ1) is 18.2. The van der Waals surface area contributed by atoms with E-state index in [1.165, 1.54) is 29.2 Å². The number of anilines is 1. The van der Waals surface area contributed by atoms with Crippen molar-refractivity contribution in [3.63, 3.8) is 0 Å². The van der Waals surface area contributed by atoms with Gasteiger partial charge in [0.05, 0.1) is 29.9 Å². The van der Waals surface area contributed by atoms with Gasteiger partial charge in [-0.2, -0.15) is 10.2 Å². The van der Waals surface area contributed by atoms with Crippen LogP contribution in [0, 0.1) is 22.9 Å². The first-order chi connectivity index (χ1) is 12.9. The highest BCUT2D eigenvalue weighted by atomic mass is 19.1. The molecular weight excluding hydrogens is 355 g/mol. The summed E-state index contributed by atoms with van der Waals surface area (Å²) in [6.45, 7) is 2.19. The van der Waals surface area contributed by atoms with Crippen molar-refractivity contribution < 1.29 is 14.1 Å². The van der Waals surface area contributed by atoms with E-state index in [1.807, 2.05) is 0 Å². The summed E-state index contributed by atoms with van der Waals surface area (Å²) in [4.78, 5) is 22.4. The van der Waals surface area contributed by atoms with Crippen molar-refractivity contribution in [1.82, 2.24) is 19.6 Å². The number of carbonyl (C=O) groups excluding carboxylic acids is 1. The van der Waals surface area contributed by atoms with Crippen LogP contribution >= 0.6 is 0 Å².